The van der Waals surface area contributed by atoms with Crippen molar-refractivity contribution in [3.8, 4) is 16.9 Å². The molecular weight excluding hydrogens is 718 g/mol. The first-order valence-corrected chi connectivity index (χ1v) is 17.5. The highest BCUT2D eigenvalue weighted by Crippen LogP contribution is 2.33. The summed E-state index contributed by atoms with van der Waals surface area (Å²) < 4.78 is 61.6. The number of hydrogen-bond acceptors (Lipinski definition) is 16. The van der Waals surface area contributed by atoms with Crippen molar-refractivity contribution in [1.29, 1.82) is 0 Å². The molecule has 2 aliphatic rings. The third-order valence-corrected chi connectivity index (χ3v) is 8.72. The molecule has 276 valence electrons. The van der Waals surface area contributed by atoms with Crippen LogP contribution in [0.2, 0.25) is 0 Å². The number of nitrogens with zero attached hydrogens (tertiary/aromatic N) is 5. The Balaban J connectivity index is 0.00000188. The summed E-state index contributed by atoms with van der Waals surface area (Å²) in [5.41, 5.74) is 10.4. The summed E-state index contributed by atoms with van der Waals surface area (Å²) in [6.07, 6.45) is 4.91. The molecule has 19 nitrogen and oxygen atoms in total. The van der Waals surface area contributed by atoms with Crippen molar-refractivity contribution in [2.75, 3.05) is 38.6 Å². The molecule has 0 radical (unpaired) electrons. The van der Waals surface area contributed by atoms with E-state index in [1.807, 2.05) is 33.9 Å². The number of nitrogens with one attached hydrogen (secondary N) is 2. The van der Waals surface area contributed by atoms with Crippen molar-refractivity contribution >= 4 is 50.5 Å². The van der Waals surface area contributed by atoms with Crippen molar-refractivity contribution < 1.29 is 55.1 Å². The smallest absolute Gasteiger partial charge is 0.373 e. The lowest BCUT2D eigenvalue weighted by molar-refractivity contribution is -0.784. The minimum absolute atomic E-state index is 0.0587. The van der Waals surface area contributed by atoms with Gasteiger partial charge in [-0.25, -0.2) is 17.8 Å². The van der Waals surface area contributed by atoms with Crippen LogP contribution in [-0.2, 0) is 51.8 Å². The highest BCUT2D eigenvalue weighted by Gasteiger charge is 2.57. The van der Waals surface area contributed by atoms with Gasteiger partial charge in [0.05, 0.1) is 23.8 Å². The largest absolute Gasteiger partial charge is 0.724 e. The van der Waals surface area contributed by atoms with Gasteiger partial charge >= 0.3 is 6.15 Å². The quantitative estimate of drug-likeness (QED) is 0.0256. The lowest BCUT2D eigenvalue weighted by atomic mass is 9.84. The average Bonchev–Trinajstić information content (AvgIpc) is 3.67. The lowest BCUT2D eigenvalue weighted by Crippen LogP contribution is -2.76. The highest BCUT2D eigenvalue weighted by molar-refractivity contribution is 7.80. The number of oxime groups is 1. The Labute approximate surface area is 295 Å². The highest BCUT2D eigenvalue weighted by atomic mass is 32.3. The zero-order chi connectivity index (χ0) is 37.4. The van der Waals surface area contributed by atoms with E-state index in [1.165, 1.54) is 19.2 Å². The fourth-order valence-corrected chi connectivity index (χ4v) is 6.10. The molecule has 0 saturated carbocycles. The Morgan fingerprint density at radius 3 is 2.49 bits per heavy atom. The van der Waals surface area contributed by atoms with E-state index in [0.717, 1.165) is 28.9 Å². The van der Waals surface area contributed by atoms with E-state index in [0.29, 0.717) is 37.0 Å². The number of carbonyl (C=O) groups excluding carboxylic acids is 4. The molecule has 2 aliphatic heterocycles. The fourth-order valence-electron chi connectivity index (χ4n) is 5.10. The van der Waals surface area contributed by atoms with Crippen molar-refractivity contribution in [3.63, 3.8) is 0 Å². The number of rotatable bonds is 16. The van der Waals surface area contributed by atoms with Gasteiger partial charge in [-0.05, 0) is 44.5 Å². The number of carbonyl (C=O) groups is 2. The number of halogens is 1. The Morgan fingerprint density at radius 2 is 1.94 bits per heavy atom. The average molecular weight is 754 g/mol. The molecule has 1 aromatic carbocycles. The Kier molecular flexibility index (Phi) is 12.6. The van der Waals surface area contributed by atoms with E-state index in [1.54, 1.807) is 12.1 Å². The molecule has 2 fully saturated rings. The number of hydrogen-bond donors (Lipinski definition) is 4. The van der Waals surface area contributed by atoms with Gasteiger partial charge in [0.25, 0.3) is 11.8 Å². The summed E-state index contributed by atoms with van der Waals surface area (Å²) in [6.45, 7) is 4.86. The maximum Gasteiger partial charge on any atom is 0.373 e. The first kappa shape index (κ1) is 39.0. The van der Waals surface area contributed by atoms with Crippen LogP contribution in [0.5, 0.6) is 5.75 Å². The maximum absolute atomic E-state index is 14.8. The van der Waals surface area contributed by atoms with E-state index >= 15 is 0 Å². The number of nitrogen functional groups attached to an aromatic ring is 1. The molecule has 6 N–H and O–H groups in total. The van der Waals surface area contributed by atoms with Gasteiger partial charge in [0.1, 0.15) is 24.1 Å². The van der Waals surface area contributed by atoms with Crippen LogP contribution >= 0.6 is 11.3 Å². The van der Waals surface area contributed by atoms with Crippen LogP contribution in [-0.4, -0.2) is 101 Å². The molecule has 0 spiro atoms. The first-order valence-electron chi connectivity index (χ1n) is 15.2. The van der Waals surface area contributed by atoms with Gasteiger partial charge in [-0.1, -0.05) is 17.3 Å². The Bertz CT molecular complexity index is 1870. The van der Waals surface area contributed by atoms with Crippen molar-refractivity contribution in [2.45, 2.75) is 50.6 Å². The molecule has 4 heterocycles. The fraction of sp³-hybridized carbons (Fsp3) is 0.448. The molecular formula is C29H36FN9O10S2. The third kappa shape index (κ3) is 9.91. The summed E-state index contributed by atoms with van der Waals surface area (Å²) >= 11 is 1.05. The molecule has 22 heteroatoms. The molecule has 5 rings (SSSR count). The van der Waals surface area contributed by atoms with Crippen molar-refractivity contribution in [3.05, 3.63) is 47.7 Å². The van der Waals surface area contributed by atoms with Crippen LogP contribution in [0.25, 0.3) is 11.1 Å². The molecule has 51 heavy (non-hydrogen) atoms. The number of β-lactam (4-membered cyclic amide) rings is 1. The van der Waals surface area contributed by atoms with Gasteiger partial charge in [0, 0.05) is 18.5 Å². The van der Waals surface area contributed by atoms with E-state index in [2.05, 4.69) is 25.1 Å². The van der Waals surface area contributed by atoms with Crippen LogP contribution in [0, 0.1) is 0 Å². The van der Waals surface area contributed by atoms with Gasteiger partial charge in [0.15, 0.2) is 23.1 Å². The monoisotopic (exact) mass is 753 g/mol. The molecule has 0 bridgehead atoms. The van der Waals surface area contributed by atoms with E-state index in [9.17, 15) is 27.0 Å². The van der Waals surface area contributed by atoms with Crippen LogP contribution in [0.3, 0.4) is 0 Å². The minimum Gasteiger partial charge on any atom is -0.724 e. The Morgan fingerprint density at radius 1 is 1.25 bits per heavy atom. The number of thiazole rings is 1. The van der Waals surface area contributed by atoms with E-state index in [4.69, 9.17) is 30.6 Å². The number of ether oxygens (including phenoxy) is 1. The standard InChI is InChI=1S/C28H36FN9O8S2.CO2/c1-27(2)23(25(40)38(27)46-48(41,42)43)34-24(39)22(21-14-47-26(31)33-21)35-45-11-10-44-20-6-4-18(5-7-20)19-12-36(9-3-8-30)37(13-19)17-28(29)15-32-16-28;2-1-3/h4-7,12-14,23,32H,3,8-11,15-17,30H2,1-2H3,(H3-,31,33,34,39,41,42,43);/b35-22-;/t23-;/m1./s1. The van der Waals surface area contributed by atoms with Gasteiger partial charge in [0.2, 0.25) is 23.1 Å². The predicted molar refractivity (Wildman–Crippen MR) is 174 cm³/mol. The number of alkyl halides is 1. The van der Waals surface area contributed by atoms with Crippen LogP contribution in [0.1, 0.15) is 26.0 Å². The molecule has 0 unspecified atom stereocenters. The lowest BCUT2D eigenvalue weighted by Gasteiger charge is -2.51. The van der Waals surface area contributed by atoms with Gasteiger partial charge in [-0.3, -0.25) is 9.59 Å². The summed E-state index contributed by atoms with van der Waals surface area (Å²) in [4.78, 5) is 51.2. The summed E-state index contributed by atoms with van der Waals surface area (Å²) in [5.74, 6) is -1.27. The number of amides is 2. The topological polar surface area (TPSA) is 267 Å². The number of benzene rings is 1. The van der Waals surface area contributed by atoms with Crippen LogP contribution in [0.15, 0.2) is 47.2 Å². The summed E-state index contributed by atoms with van der Waals surface area (Å²) in [7, 11) is -5.21. The number of aryl methyl sites for hydroxylation is 1. The third-order valence-electron chi connectivity index (χ3n) is 7.71. The number of anilines is 1. The Hall–Kier alpha value is -4.83. The second kappa shape index (κ2) is 16.5. The minimum atomic E-state index is -5.21. The second-order valence-corrected chi connectivity index (χ2v) is 13.7. The van der Waals surface area contributed by atoms with Crippen molar-refractivity contribution in [1.82, 2.24) is 25.4 Å². The van der Waals surface area contributed by atoms with Crippen molar-refractivity contribution in [2.24, 2.45) is 10.9 Å². The van der Waals surface area contributed by atoms with Gasteiger partial charge < -0.3 is 36.2 Å². The number of aromatic nitrogens is 3. The SMILES string of the molecule is CC1(C)[C@H](NC(=O)/C(=N\OCCOc2ccc(-c3cn(CCCN)[n+](CC4(F)CNC4)c3)cc2)c2csc(N)n2)C(=O)N1OS(=O)(=O)[O-].O=C=O. The normalized spacial score (nSPS) is 17.7. The molecule has 2 amide bonds. The van der Waals surface area contributed by atoms with Gasteiger partial charge in [-0.15, -0.1) is 16.0 Å². The molecule has 2 saturated heterocycles. The molecule has 2 aromatic heterocycles. The predicted octanol–water partition coefficient (Wildman–Crippen LogP) is -1.14. The number of hydroxylamine groups is 2. The molecule has 1 atom stereocenters. The second-order valence-electron chi connectivity index (χ2n) is 11.8. The summed E-state index contributed by atoms with van der Waals surface area (Å²) in [5, 5.41) is 11.3. The van der Waals surface area contributed by atoms with E-state index < -0.39 is 39.5 Å². The maximum atomic E-state index is 14.8. The molecule has 0 aliphatic carbocycles. The van der Waals surface area contributed by atoms with Crippen LogP contribution < -0.4 is 31.5 Å². The van der Waals surface area contributed by atoms with Gasteiger partial charge in [-0.2, -0.15) is 23.6 Å². The summed E-state index contributed by atoms with van der Waals surface area (Å²) in [6, 6.07) is 6.09. The first-order chi connectivity index (χ1) is 24.1. The number of nitrogens with two attached hydrogens (primary N) is 2. The van der Waals surface area contributed by atoms with E-state index in [-0.39, 0.29) is 42.4 Å². The zero-order valence-electron chi connectivity index (χ0n) is 27.4. The molecule has 3 aromatic rings. The zero-order valence-corrected chi connectivity index (χ0v) is 29.1. The van der Waals surface area contributed by atoms with Crippen LogP contribution in [0.4, 0.5) is 9.52 Å².